The van der Waals surface area contributed by atoms with E-state index in [-0.39, 0.29) is 17.8 Å². The SMILES string of the molecule is CCCCOC(=O)c1ccc(NC(=O)C2CCCN(Cc3cccc4ccccc34)C2)cc1. The van der Waals surface area contributed by atoms with Crippen LogP contribution in [0.15, 0.2) is 66.7 Å². The molecule has 1 unspecified atom stereocenters. The molecule has 1 N–H and O–H groups in total. The average Bonchev–Trinajstić information content (AvgIpc) is 2.85. The molecular weight excluding hydrogens is 412 g/mol. The largest absolute Gasteiger partial charge is 0.462 e. The number of nitrogens with zero attached hydrogens (tertiary/aromatic N) is 1. The molecule has 172 valence electrons. The Kier molecular flexibility index (Phi) is 7.74. The van der Waals surface area contributed by atoms with E-state index in [0.29, 0.717) is 17.9 Å². The van der Waals surface area contributed by atoms with Gasteiger partial charge in [0.2, 0.25) is 5.91 Å². The number of anilines is 1. The van der Waals surface area contributed by atoms with Crippen LogP contribution in [0.1, 0.15) is 48.5 Å². The number of rotatable bonds is 8. The van der Waals surface area contributed by atoms with Crippen molar-refractivity contribution in [3.8, 4) is 0 Å². The summed E-state index contributed by atoms with van der Waals surface area (Å²) in [6, 6.07) is 21.8. The molecule has 0 saturated carbocycles. The summed E-state index contributed by atoms with van der Waals surface area (Å²) in [6.45, 7) is 5.09. The standard InChI is InChI=1S/C28H32N2O3/c1-2-3-18-33-28(32)22-13-15-25(16-14-22)29-27(31)24-11-7-17-30(20-24)19-23-10-6-9-21-8-4-5-12-26(21)23/h4-6,8-10,12-16,24H,2-3,7,11,17-20H2,1H3,(H,29,31). The van der Waals surface area contributed by atoms with Crippen molar-refractivity contribution in [2.45, 2.75) is 39.2 Å². The first-order valence-corrected chi connectivity index (χ1v) is 11.9. The van der Waals surface area contributed by atoms with E-state index in [4.69, 9.17) is 4.74 Å². The zero-order chi connectivity index (χ0) is 23.0. The zero-order valence-corrected chi connectivity index (χ0v) is 19.3. The number of likely N-dealkylation sites (tertiary alicyclic amines) is 1. The van der Waals surface area contributed by atoms with Gasteiger partial charge in [-0.25, -0.2) is 4.79 Å². The predicted molar refractivity (Wildman–Crippen MR) is 132 cm³/mol. The molecule has 0 spiro atoms. The minimum Gasteiger partial charge on any atom is -0.462 e. The Hall–Kier alpha value is -3.18. The number of unbranched alkanes of at least 4 members (excludes halogenated alkanes) is 1. The van der Waals surface area contributed by atoms with E-state index in [0.717, 1.165) is 45.3 Å². The number of nitrogens with one attached hydrogen (secondary N) is 1. The topological polar surface area (TPSA) is 58.6 Å². The van der Waals surface area contributed by atoms with Crippen molar-refractivity contribution in [2.24, 2.45) is 5.92 Å². The highest BCUT2D eigenvalue weighted by molar-refractivity contribution is 5.94. The minimum atomic E-state index is -0.322. The van der Waals surface area contributed by atoms with Crippen molar-refractivity contribution in [2.75, 3.05) is 25.0 Å². The van der Waals surface area contributed by atoms with Gasteiger partial charge in [-0.1, -0.05) is 55.8 Å². The van der Waals surface area contributed by atoms with Crippen LogP contribution in [-0.2, 0) is 16.1 Å². The van der Waals surface area contributed by atoms with Crippen LogP contribution in [0.4, 0.5) is 5.69 Å². The van der Waals surface area contributed by atoms with E-state index in [1.165, 1.54) is 16.3 Å². The van der Waals surface area contributed by atoms with Gasteiger partial charge in [0.1, 0.15) is 0 Å². The first-order chi connectivity index (χ1) is 16.1. The lowest BCUT2D eigenvalue weighted by Gasteiger charge is -2.32. The molecule has 1 amide bonds. The fraction of sp³-hybridized carbons (Fsp3) is 0.357. The van der Waals surface area contributed by atoms with E-state index in [1.54, 1.807) is 24.3 Å². The first kappa shape index (κ1) is 23.0. The van der Waals surface area contributed by atoms with Crippen LogP contribution >= 0.6 is 0 Å². The third kappa shape index (κ3) is 5.99. The maximum Gasteiger partial charge on any atom is 0.338 e. The number of hydrogen-bond donors (Lipinski definition) is 1. The van der Waals surface area contributed by atoms with E-state index >= 15 is 0 Å². The Balaban J connectivity index is 1.33. The third-order valence-electron chi connectivity index (χ3n) is 6.27. The Morgan fingerprint density at radius 3 is 2.64 bits per heavy atom. The van der Waals surface area contributed by atoms with Crippen molar-refractivity contribution in [3.63, 3.8) is 0 Å². The number of piperidine rings is 1. The summed E-state index contributed by atoms with van der Waals surface area (Å²) in [5.74, 6) is -0.332. The summed E-state index contributed by atoms with van der Waals surface area (Å²) in [4.78, 5) is 27.4. The molecule has 1 aliphatic heterocycles. The van der Waals surface area contributed by atoms with Crippen LogP contribution < -0.4 is 5.32 Å². The van der Waals surface area contributed by atoms with Gasteiger partial charge in [-0.2, -0.15) is 0 Å². The van der Waals surface area contributed by atoms with Crippen molar-refractivity contribution < 1.29 is 14.3 Å². The van der Waals surface area contributed by atoms with Crippen molar-refractivity contribution in [1.29, 1.82) is 0 Å². The van der Waals surface area contributed by atoms with Crippen LogP contribution in [0.3, 0.4) is 0 Å². The summed E-state index contributed by atoms with van der Waals surface area (Å²) in [5.41, 5.74) is 2.51. The van der Waals surface area contributed by atoms with Gasteiger partial charge in [0.15, 0.2) is 0 Å². The fourth-order valence-electron chi connectivity index (χ4n) is 4.41. The van der Waals surface area contributed by atoms with Gasteiger partial charge in [-0.05, 0) is 66.4 Å². The average molecular weight is 445 g/mol. The van der Waals surface area contributed by atoms with E-state index in [1.807, 2.05) is 0 Å². The molecule has 33 heavy (non-hydrogen) atoms. The first-order valence-electron chi connectivity index (χ1n) is 11.9. The van der Waals surface area contributed by atoms with Crippen LogP contribution in [-0.4, -0.2) is 36.5 Å². The van der Waals surface area contributed by atoms with E-state index < -0.39 is 0 Å². The van der Waals surface area contributed by atoms with Crippen LogP contribution in [0.2, 0.25) is 0 Å². The number of esters is 1. The molecule has 1 saturated heterocycles. The Labute approximate surface area is 195 Å². The smallest absolute Gasteiger partial charge is 0.338 e. The fourth-order valence-corrected chi connectivity index (χ4v) is 4.41. The summed E-state index contributed by atoms with van der Waals surface area (Å²) in [6.07, 6.45) is 3.74. The number of carbonyl (C=O) groups is 2. The van der Waals surface area contributed by atoms with Gasteiger partial charge in [-0.15, -0.1) is 0 Å². The van der Waals surface area contributed by atoms with Crippen molar-refractivity contribution in [1.82, 2.24) is 4.90 Å². The Bertz CT molecular complexity index is 1090. The lowest BCUT2D eigenvalue weighted by molar-refractivity contribution is -0.121. The molecule has 1 fully saturated rings. The Morgan fingerprint density at radius 2 is 1.82 bits per heavy atom. The van der Waals surface area contributed by atoms with E-state index in [9.17, 15) is 9.59 Å². The zero-order valence-electron chi connectivity index (χ0n) is 19.3. The molecule has 0 aromatic heterocycles. The van der Waals surface area contributed by atoms with Gasteiger partial charge in [0.25, 0.3) is 0 Å². The molecule has 1 heterocycles. The van der Waals surface area contributed by atoms with Gasteiger partial charge >= 0.3 is 5.97 Å². The quantitative estimate of drug-likeness (QED) is 0.360. The number of hydrogen-bond acceptors (Lipinski definition) is 4. The number of benzene rings is 3. The van der Waals surface area contributed by atoms with Crippen molar-refractivity contribution in [3.05, 3.63) is 77.9 Å². The summed E-state index contributed by atoms with van der Waals surface area (Å²) >= 11 is 0. The summed E-state index contributed by atoms with van der Waals surface area (Å²) in [7, 11) is 0. The molecule has 1 aliphatic rings. The summed E-state index contributed by atoms with van der Waals surface area (Å²) < 4.78 is 5.24. The van der Waals surface area contributed by atoms with Gasteiger partial charge in [0, 0.05) is 18.8 Å². The van der Waals surface area contributed by atoms with E-state index in [2.05, 4.69) is 59.6 Å². The predicted octanol–water partition coefficient (Wildman–Crippen LogP) is 5.65. The molecule has 0 bridgehead atoms. The molecule has 5 heteroatoms. The van der Waals surface area contributed by atoms with Crippen molar-refractivity contribution >= 4 is 28.3 Å². The lowest BCUT2D eigenvalue weighted by Crippen LogP contribution is -2.40. The number of ether oxygens (including phenoxy) is 1. The Morgan fingerprint density at radius 1 is 1.03 bits per heavy atom. The normalized spacial score (nSPS) is 16.5. The molecule has 3 aromatic carbocycles. The second-order valence-corrected chi connectivity index (χ2v) is 8.77. The maximum atomic E-state index is 12.9. The molecular formula is C28H32N2O3. The molecule has 1 atom stereocenters. The molecule has 4 rings (SSSR count). The minimum absolute atomic E-state index is 0.0379. The molecule has 0 aliphatic carbocycles. The maximum absolute atomic E-state index is 12.9. The molecule has 0 radical (unpaired) electrons. The van der Waals surface area contributed by atoms with Crippen LogP contribution in [0, 0.1) is 5.92 Å². The number of fused-ring (bicyclic) bond motifs is 1. The highest BCUT2D eigenvalue weighted by Crippen LogP contribution is 2.24. The highest BCUT2D eigenvalue weighted by Gasteiger charge is 2.26. The summed E-state index contributed by atoms with van der Waals surface area (Å²) in [5, 5.41) is 5.55. The van der Waals surface area contributed by atoms with Gasteiger partial charge in [-0.3, -0.25) is 9.69 Å². The second-order valence-electron chi connectivity index (χ2n) is 8.77. The molecule has 5 nitrogen and oxygen atoms in total. The number of carbonyl (C=O) groups excluding carboxylic acids is 2. The van der Waals surface area contributed by atoms with Gasteiger partial charge in [0.05, 0.1) is 18.1 Å². The lowest BCUT2D eigenvalue weighted by atomic mass is 9.96. The monoisotopic (exact) mass is 444 g/mol. The molecule has 3 aromatic rings. The van der Waals surface area contributed by atoms with Gasteiger partial charge < -0.3 is 10.1 Å². The van der Waals surface area contributed by atoms with Crippen LogP contribution in [0.5, 0.6) is 0 Å². The van der Waals surface area contributed by atoms with Crippen LogP contribution in [0.25, 0.3) is 10.8 Å². The highest BCUT2D eigenvalue weighted by atomic mass is 16.5. The number of amides is 1. The second kappa shape index (κ2) is 11.1. The third-order valence-corrected chi connectivity index (χ3v) is 6.27.